The SMILES string of the molecule is CN1C(=O)N(C)C2(CCN(C(=O)c3ccc(-c4ccn[nH]4)cc3)CC2)C1=O. The zero-order valence-corrected chi connectivity index (χ0v) is 15.3. The van der Waals surface area contributed by atoms with E-state index < -0.39 is 5.54 Å². The maximum absolute atomic E-state index is 12.8. The van der Waals surface area contributed by atoms with Gasteiger partial charge in [-0.05, 0) is 36.6 Å². The molecule has 2 aromatic rings. The maximum Gasteiger partial charge on any atom is 0.327 e. The molecule has 0 aliphatic carbocycles. The van der Waals surface area contributed by atoms with Gasteiger partial charge in [-0.15, -0.1) is 0 Å². The Hall–Kier alpha value is -3.16. The number of hydrogen-bond acceptors (Lipinski definition) is 4. The van der Waals surface area contributed by atoms with E-state index >= 15 is 0 Å². The summed E-state index contributed by atoms with van der Waals surface area (Å²) in [4.78, 5) is 41.9. The van der Waals surface area contributed by atoms with Gasteiger partial charge in [0.15, 0.2) is 0 Å². The van der Waals surface area contributed by atoms with Crippen molar-refractivity contribution in [3.8, 4) is 11.3 Å². The second-order valence-corrected chi connectivity index (χ2v) is 7.08. The van der Waals surface area contributed by atoms with Crippen molar-refractivity contribution in [2.75, 3.05) is 27.2 Å². The van der Waals surface area contributed by atoms with Crippen molar-refractivity contribution in [3.63, 3.8) is 0 Å². The molecule has 0 radical (unpaired) electrons. The molecule has 27 heavy (non-hydrogen) atoms. The molecule has 4 amide bonds. The Morgan fingerprint density at radius 2 is 1.74 bits per heavy atom. The number of aromatic amines is 1. The van der Waals surface area contributed by atoms with E-state index in [-0.39, 0.29) is 17.8 Å². The third kappa shape index (κ3) is 2.59. The molecule has 2 saturated heterocycles. The number of rotatable bonds is 2. The lowest BCUT2D eigenvalue weighted by molar-refractivity contribution is -0.134. The van der Waals surface area contributed by atoms with Gasteiger partial charge in [0, 0.05) is 38.9 Å². The Morgan fingerprint density at radius 1 is 1.07 bits per heavy atom. The summed E-state index contributed by atoms with van der Waals surface area (Å²) >= 11 is 0. The summed E-state index contributed by atoms with van der Waals surface area (Å²) in [6.07, 6.45) is 2.59. The van der Waals surface area contributed by atoms with Gasteiger partial charge in [0.1, 0.15) is 5.54 Å². The molecule has 8 heteroatoms. The number of aromatic nitrogens is 2. The lowest BCUT2D eigenvalue weighted by Crippen LogP contribution is -2.56. The zero-order valence-electron chi connectivity index (χ0n) is 15.3. The van der Waals surface area contributed by atoms with Crippen LogP contribution in [0.3, 0.4) is 0 Å². The summed E-state index contributed by atoms with van der Waals surface area (Å²) in [5.74, 6) is -0.236. The minimum Gasteiger partial charge on any atom is -0.338 e. The fourth-order valence-electron chi connectivity index (χ4n) is 3.97. The van der Waals surface area contributed by atoms with E-state index in [0.29, 0.717) is 31.5 Å². The number of carbonyl (C=O) groups is 3. The average molecular weight is 367 g/mol. The number of H-pyrrole nitrogens is 1. The van der Waals surface area contributed by atoms with Crippen LogP contribution in [0.15, 0.2) is 36.5 Å². The highest BCUT2D eigenvalue weighted by molar-refractivity contribution is 6.07. The number of piperidine rings is 1. The van der Waals surface area contributed by atoms with Crippen molar-refractivity contribution < 1.29 is 14.4 Å². The Kier molecular flexibility index (Phi) is 3.98. The third-order valence-corrected chi connectivity index (χ3v) is 5.74. The van der Waals surface area contributed by atoms with Crippen LogP contribution in [0.1, 0.15) is 23.2 Å². The van der Waals surface area contributed by atoms with Crippen LogP contribution in [-0.4, -0.2) is 75.5 Å². The van der Waals surface area contributed by atoms with Crippen LogP contribution >= 0.6 is 0 Å². The molecule has 2 aliphatic rings. The summed E-state index contributed by atoms with van der Waals surface area (Å²) in [7, 11) is 3.17. The van der Waals surface area contributed by atoms with Crippen molar-refractivity contribution >= 4 is 17.8 Å². The van der Waals surface area contributed by atoms with E-state index in [1.807, 2.05) is 18.2 Å². The first-order chi connectivity index (χ1) is 12.9. The van der Waals surface area contributed by atoms with Gasteiger partial charge in [-0.1, -0.05) is 12.1 Å². The van der Waals surface area contributed by atoms with Crippen molar-refractivity contribution in [1.82, 2.24) is 24.9 Å². The fraction of sp³-hybridized carbons (Fsp3) is 0.368. The second-order valence-electron chi connectivity index (χ2n) is 7.08. The molecule has 0 saturated carbocycles. The maximum atomic E-state index is 12.8. The summed E-state index contributed by atoms with van der Waals surface area (Å²) in [5.41, 5.74) is 1.65. The van der Waals surface area contributed by atoms with Gasteiger partial charge < -0.3 is 9.80 Å². The van der Waals surface area contributed by atoms with Crippen molar-refractivity contribution in [2.45, 2.75) is 18.4 Å². The number of carbonyl (C=O) groups excluding carboxylic acids is 3. The minimum atomic E-state index is -0.812. The number of hydrogen-bond donors (Lipinski definition) is 1. The van der Waals surface area contributed by atoms with E-state index in [1.54, 1.807) is 30.3 Å². The van der Waals surface area contributed by atoms with Crippen LogP contribution in [0.4, 0.5) is 4.79 Å². The van der Waals surface area contributed by atoms with Crippen molar-refractivity contribution in [1.29, 1.82) is 0 Å². The number of amides is 4. The molecular formula is C19H21N5O3. The van der Waals surface area contributed by atoms with E-state index in [4.69, 9.17) is 0 Å². The summed E-state index contributed by atoms with van der Waals surface area (Å²) in [5, 5.41) is 6.82. The number of likely N-dealkylation sites (tertiary alicyclic amines) is 1. The van der Waals surface area contributed by atoms with Gasteiger partial charge in [0.05, 0.1) is 5.69 Å². The quantitative estimate of drug-likeness (QED) is 0.816. The molecule has 140 valence electrons. The molecule has 1 spiro atoms. The molecule has 0 atom stereocenters. The number of likely N-dealkylation sites (N-methyl/N-ethyl adjacent to an activating group) is 2. The van der Waals surface area contributed by atoms with E-state index in [1.165, 1.54) is 16.8 Å². The predicted octanol–water partition coefficient (Wildman–Crippen LogP) is 1.58. The fourth-order valence-corrected chi connectivity index (χ4v) is 3.97. The largest absolute Gasteiger partial charge is 0.338 e. The van der Waals surface area contributed by atoms with Gasteiger partial charge in [0.25, 0.3) is 11.8 Å². The summed E-state index contributed by atoms with van der Waals surface area (Å²) < 4.78 is 0. The van der Waals surface area contributed by atoms with Crippen LogP contribution in [-0.2, 0) is 4.79 Å². The van der Waals surface area contributed by atoms with Crippen molar-refractivity contribution in [2.24, 2.45) is 0 Å². The molecule has 1 N–H and O–H groups in total. The first-order valence-corrected chi connectivity index (χ1v) is 8.89. The third-order valence-electron chi connectivity index (χ3n) is 5.74. The summed E-state index contributed by atoms with van der Waals surface area (Å²) in [6, 6.07) is 8.95. The molecule has 0 unspecified atom stereocenters. The average Bonchev–Trinajstić information content (AvgIpc) is 3.30. The molecule has 8 nitrogen and oxygen atoms in total. The number of imide groups is 1. The van der Waals surface area contributed by atoms with Crippen LogP contribution < -0.4 is 0 Å². The molecule has 3 heterocycles. The lowest BCUT2D eigenvalue weighted by Gasteiger charge is -2.40. The number of nitrogens with one attached hydrogen (secondary N) is 1. The first-order valence-electron chi connectivity index (χ1n) is 8.89. The molecule has 2 fully saturated rings. The number of benzene rings is 1. The van der Waals surface area contributed by atoms with Crippen LogP contribution in [0.5, 0.6) is 0 Å². The van der Waals surface area contributed by atoms with Crippen molar-refractivity contribution in [3.05, 3.63) is 42.1 Å². The molecule has 4 rings (SSSR count). The molecule has 1 aromatic heterocycles. The first kappa shape index (κ1) is 17.3. The smallest absolute Gasteiger partial charge is 0.327 e. The van der Waals surface area contributed by atoms with E-state index in [0.717, 1.165) is 11.3 Å². The molecular weight excluding hydrogens is 346 g/mol. The van der Waals surface area contributed by atoms with Gasteiger partial charge in [-0.2, -0.15) is 5.10 Å². The highest BCUT2D eigenvalue weighted by Gasteiger charge is 2.55. The molecule has 2 aliphatic heterocycles. The monoisotopic (exact) mass is 367 g/mol. The van der Waals surface area contributed by atoms with Crippen LogP contribution in [0, 0.1) is 0 Å². The molecule has 1 aromatic carbocycles. The van der Waals surface area contributed by atoms with E-state index in [9.17, 15) is 14.4 Å². The topological polar surface area (TPSA) is 89.6 Å². The second kappa shape index (κ2) is 6.22. The Balaban J connectivity index is 1.46. The van der Waals surface area contributed by atoms with Crippen LogP contribution in [0.2, 0.25) is 0 Å². The Bertz CT molecular complexity index is 883. The molecule has 0 bridgehead atoms. The summed E-state index contributed by atoms with van der Waals surface area (Å²) in [6.45, 7) is 0.886. The van der Waals surface area contributed by atoms with Gasteiger partial charge in [0.2, 0.25) is 0 Å². The minimum absolute atomic E-state index is 0.0613. The zero-order chi connectivity index (χ0) is 19.2. The normalized spacial score (nSPS) is 19.3. The lowest BCUT2D eigenvalue weighted by atomic mass is 9.86. The Labute approximate surface area is 156 Å². The highest BCUT2D eigenvalue weighted by Crippen LogP contribution is 2.35. The van der Waals surface area contributed by atoms with E-state index in [2.05, 4.69) is 10.2 Å². The van der Waals surface area contributed by atoms with Gasteiger partial charge in [-0.25, -0.2) is 4.79 Å². The standard InChI is InChI=1S/C19H21N5O3/c1-22-17(26)19(23(2)18(22)27)8-11-24(12-9-19)16(25)14-5-3-13(4-6-14)15-7-10-20-21-15/h3-7,10H,8-9,11-12H2,1-2H3,(H,20,21). The number of nitrogens with zero attached hydrogens (tertiary/aromatic N) is 4. The van der Waals surface area contributed by atoms with Gasteiger partial charge >= 0.3 is 6.03 Å². The predicted molar refractivity (Wildman–Crippen MR) is 97.8 cm³/mol. The Morgan fingerprint density at radius 3 is 2.26 bits per heavy atom. The highest BCUT2D eigenvalue weighted by atomic mass is 16.2. The van der Waals surface area contributed by atoms with Gasteiger partial charge in [-0.3, -0.25) is 19.6 Å². The number of urea groups is 1. The van der Waals surface area contributed by atoms with Crippen LogP contribution in [0.25, 0.3) is 11.3 Å².